The van der Waals surface area contributed by atoms with E-state index in [0.717, 1.165) is 31.2 Å². The van der Waals surface area contributed by atoms with Crippen LogP contribution in [0.1, 0.15) is 57.6 Å². The molecule has 5 heteroatoms. The molecule has 4 aromatic rings. The number of carbonyl (C=O) groups excluding carboxylic acids is 3. The Morgan fingerprint density at radius 2 is 1.14 bits per heavy atom. The van der Waals surface area contributed by atoms with E-state index in [4.69, 9.17) is 0 Å². The Labute approximate surface area is 261 Å². The summed E-state index contributed by atoms with van der Waals surface area (Å²) in [5.74, 6) is 0.0812. The molecule has 2 fully saturated rings. The number of rotatable bonds is 6. The summed E-state index contributed by atoms with van der Waals surface area (Å²) in [4.78, 5) is 37.5. The second kappa shape index (κ2) is 13.9. The Morgan fingerprint density at radius 3 is 1.59 bits per heavy atom. The van der Waals surface area contributed by atoms with Crippen LogP contribution in [0.25, 0.3) is 22.3 Å². The maximum absolute atomic E-state index is 12.6. The first kappa shape index (κ1) is 30.9. The van der Waals surface area contributed by atoms with Crippen LogP contribution in [0.15, 0.2) is 109 Å². The largest absolute Gasteiger partial charge is 0.353 e. The monoisotopic (exact) mass is 586 g/mol. The van der Waals surface area contributed by atoms with Gasteiger partial charge in [-0.25, -0.2) is 0 Å². The van der Waals surface area contributed by atoms with Gasteiger partial charge in [0.15, 0.2) is 0 Å². The van der Waals surface area contributed by atoms with Gasteiger partial charge in [0.1, 0.15) is 0 Å². The average molecular weight is 587 g/mol. The Kier molecular flexibility index (Phi) is 9.74. The molecule has 1 N–H and O–H groups in total. The molecular weight excluding hydrogens is 544 g/mol. The zero-order valence-electron chi connectivity index (χ0n) is 26.0. The third-order valence-electron chi connectivity index (χ3n) is 8.35. The zero-order chi connectivity index (χ0) is 31.1. The molecule has 2 saturated heterocycles. The molecular formula is C39H42N2O3. The van der Waals surface area contributed by atoms with Crippen LogP contribution < -0.4 is 5.32 Å². The minimum absolute atomic E-state index is 0.0261. The van der Waals surface area contributed by atoms with Crippen molar-refractivity contribution in [2.75, 3.05) is 0 Å². The van der Waals surface area contributed by atoms with Gasteiger partial charge in [0.05, 0.1) is 0 Å². The van der Waals surface area contributed by atoms with Gasteiger partial charge in [0, 0.05) is 30.3 Å². The molecule has 3 amide bonds. The molecule has 226 valence electrons. The highest BCUT2D eigenvalue weighted by Gasteiger charge is 2.40. The Morgan fingerprint density at radius 1 is 0.659 bits per heavy atom. The highest BCUT2D eigenvalue weighted by Crippen LogP contribution is 2.29. The first-order valence-electron chi connectivity index (χ1n) is 15.6. The summed E-state index contributed by atoms with van der Waals surface area (Å²) >= 11 is 0. The third kappa shape index (κ3) is 7.90. The number of imide groups is 1. The molecule has 0 spiro atoms. The molecule has 2 aliphatic rings. The van der Waals surface area contributed by atoms with Crippen molar-refractivity contribution in [3.8, 4) is 22.3 Å². The van der Waals surface area contributed by atoms with E-state index in [1.54, 1.807) is 0 Å². The van der Waals surface area contributed by atoms with Gasteiger partial charge in [-0.3, -0.25) is 19.3 Å². The maximum Gasteiger partial charge on any atom is 0.234 e. The van der Waals surface area contributed by atoms with E-state index in [1.165, 1.54) is 32.7 Å². The molecule has 44 heavy (non-hydrogen) atoms. The Hall–Kier alpha value is -4.51. The Balaban J connectivity index is 0.000000181. The van der Waals surface area contributed by atoms with Crippen molar-refractivity contribution in [2.24, 2.45) is 5.41 Å². The minimum Gasteiger partial charge on any atom is -0.353 e. The summed E-state index contributed by atoms with van der Waals surface area (Å²) in [6, 6.07) is 38.0. The van der Waals surface area contributed by atoms with Crippen molar-refractivity contribution in [1.29, 1.82) is 0 Å². The fourth-order valence-corrected chi connectivity index (χ4v) is 5.89. The number of hydrogen-bond donors (Lipinski definition) is 1. The SMILES string of the molecule is CC(C)(C)C(=O)N1C(=O)CC[C@H]1Cc1ccc(-c2ccccc2)cc1.O=C1CC[C@@H](Cc2ccc(-c3ccccc3)cc2)N1. The molecule has 6 rings (SSSR count). The quantitative estimate of drug-likeness (QED) is 0.253. The van der Waals surface area contributed by atoms with E-state index in [9.17, 15) is 14.4 Å². The van der Waals surface area contributed by atoms with Crippen LogP contribution in [0.3, 0.4) is 0 Å². The summed E-state index contributed by atoms with van der Waals surface area (Å²) in [5.41, 5.74) is 6.75. The number of likely N-dealkylation sites (tertiary alicyclic amines) is 1. The van der Waals surface area contributed by atoms with E-state index in [-0.39, 0.29) is 23.8 Å². The lowest BCUT2D eigenvalue weighted by Gasteiger charge is -2.29. The first-order chi connectivity index (χ1) is 21.2. The highest BCUT2D eigenvalue weighted by molar-refractivity contribution is 5.99. The lowest BCUT2D eigenvalue weighted by Crippen LogP contribution is -2.45. The van der Waals surface area contributed by atoms with Crippen molar-refractivity contribution in [1.82, 2.24) is 10.2 Å². The van der Waals surface area contributed by atoms with Gasteiger partial charge in [-0.2, -0.15) is 0 Å². The third-order valence-corrected chi connectivity index (χ3v) is 8.35. The number of hydrogen-bond acceptors (Lipinski definition) is 3. The van der Waals surface area contributed by atoms with Crippen molar-refractivity contribution in [3.63, 3.8) is 0 Å². The van der Waals surface area contributed by atoms with Crippen LogP contribution >= 0.6 is 0 Å². The van der Waals surface area contributed by atoms with Crippen LogP contribution in [0.5, 0.6) is 0 Å². The highest BCUT2D eigenvalue weighted by atomic mass is 16.2. The van der Waals surface area contributed by atoms with Crippen molar-refractivity contribution >= 4 is 17.7 Å². The standard InChI is InChI=1S/C22H25NO2.C17H17NO/c1-22(2,3)21(25)23-19(13-14-20(23)24)15-16-9-11-18(12-10-16)17-7-5-4-6-8-17;19-17-11-10-16(18-17)12-13-6-8-15(9-7-13)14-4-2-1-3-5-14/h4-12,19H,13-15H2,1-3H3;1-9,16H,10-12H2,(H,18,19)/t19-;16-/m00/s1. The van der Waals surface area contributed by atoms with Gasteiger partial charge < -0.3 is 5.32 Å². The van der Waals surface area contributed by atoms with Gasteiger partial charge in [-0.1, -0.05) is 130 Å². The second-order valence-electron chi connectivity index (χ2n) is 12.8. The number of nitrogens with one attached hydrogen (secondary N) is 1. The summed E-state index contributed by atoms with van der Waals surface area (Å²) < 4.78 is 0. The molecule has 2 aliphatic heterocycles. The molecule has 0 aliphatic carbocycles. The summed E-state index contributed by atoms with van der Waals surface area (Å²) in [7, 11) is 0. The average Bonchev–Trinajstić information content (AvgIpc) is 3.62. The first-order valence-corrected chi connectivity index (χ1v) is 15.6. The van der Waals surface area contributed by atoms with Crippen LogP contribution in [-0.4, -0.2) is 34.7 Å². The molecule has 0 bridgehead atoms. The molecule has 2 atom stereocenters. The lowest BCUT2D eigenvalue weighted by molar-refractivity contribution is -0.149. The van der Waals surface area contributed by atoms with E-state index in [0.29, 0.717) is 18.9 Å². The van der Waals surface area contributed by atoms with E-state index < -0.39 is 5.41 Å². The van der Waals surface area contributed by atoms with Gasteiger partial charge in [0.25, 0.3) is 0 Å². The molecule has 0 radical (unpaired) electrons. The van der Waals surface area contributed by atoms with Crippen LogP contribution in [0, 0.1) is 5.41 Å². The minimum atomic E-state index is -0.532. The molecule has 2 heterocycles. The summed E-state index contributed by atoms with van der Waals surface area (Å²) in [6.07, 6.45) is 4.51. The van der Waals surface area contributed by atoms with Gasteiger partial charge >= 0.3 is 0 Å². The fraction of sp³-hybridized carbons (Fsp3) is 0.308. The van der Waals surface area contributed by atoms with Gasteiger partial charge in [-0.15, -0.1) is 0 Å². The molecule has 0 saturated carbocycles. The second-order valence-corrected chi connectivity index (χ2v) is 12.8. The fourth-order valence-electron chi connectivity index (χ4n) is 5.89. The molecule has 4 aromatic carbocycles. The van der Waals surface area contributed by atoms with Crippen LogP contribution in [-0.2, 0) is 27.2 Å². The van der Waals surface area contributed by atoms with Gasteiger partial charge in [-0.05, 0) is 59.1 Å². The van der Waals surface area contributed by atoms with Crippen LogP contribution in [0.4, 0.5) is 0 Å². The smallest absolute Gasteiger partial charge is 0.234 e. The number of nitrogens with zero attached hydrogens (tertiary/aromatic N) is 1. The summed E-state index contributed by atoms with van der Waals surface area (Å²) in [6.45, 7) is 5.60. The maximum atomic E-state index is 12.6. The number of benzene rings is 4. The number of amides is 3. The van der Waals surface area contributed by atoms with Gasteiger partial charge in [0.2, 0.25) is 17.7 Å². The molecule has 0 aromatic heterocycles. The summed E-state index contributed by atoms with van der Waals surface area (Å²) in [5, 5.41) is 3.01. The van der Waals surface area contributed by atoms with Crippen molar-refractivity contribution in [2.45, 2.75) is 71.4 Å². The predicted molar refractivity (Wildman–Crippen MR) is 177 cm³/mol. The lowest BCUT2D eigenvalue weighted by atomic mass is 9.93. The van der Waals surface area contributed by atoms with E-state index in [1.807, 2.05) is 45.0 Å². The van der Waals surface area contributed by atoms with E-state index >= 15 is 0 Å². The van der Waals surface area contributed by atoms with Crippen LogP contribution in [0.2, 0.25) is 0 Å². The Bertz CT molecular complexity index is 1560. The van der Waals surface area contributed by atoms with Crippen molar-refractivity contribution < 1.29 is 14.4 Å². The normalized spacial score (nSPS) is 18.0. The van der Waals surface area contributed by atoms with Crippen molar-refractivity contribution in [3.05, 3.63) is 120 Å². The topological polar surface area (TPSA) is 66.5 Å². The zero-order valence-corrected chi connectivity index (χ0v) is 26.0. The molecule has 0 unspecified atom stereocenters. The number of carbonyl (C=O) groups is 3. The predicted octanol–water partition coefficient (Wildman–Crippen LogP) is 7.63. The molecule has 5 nitrogen and oxygen atoms in total. The van der Waals surface area contributed by atoms with E-state index in [2.05, 4.69) is 90.2 Å².